The van der Waals surface area contributed by atoms with E-state index < -0.39 is 8.24 Å². The molecule has 0 bridgehead atoms. The monoisotopic (exact) mass is 455 g/mol. The van der Waals surface area contributed by atoms with E-state index in [-0.39, 0.29) is 0 Å². The van der Waals surface area contributed by atoms with Crippen molar-refractivity contribution < 1.29 is 0 Å². The average molecular weight is 456 g/mol. The molecule has 0 aliphatic carbocycles. The SMILES string of the molecule is c1ccc([Si]2(n3c4ccccc4c4ccccc43)c3ccccc3Sc3ccccc32)cc1. The molecule has 3 heteroatoms. The Kier molecular flexibility index (Phi) is 4.16. The summed E-state index contributed by atoms with van der Waals surface area (Å²) in [7, 11) is -2.66. The van der Waals surface area contributed by atoms with Crippen LogP contribution in [-0.2, 0) is 0 Å². The maximum atomic E-state index is 2.73. The van der Waals surface area contributed by atoms with Gasteiger partial charge in [-0.1, -0.05) is 115 Å². The van der Waals surface area contributed by atoms with Crippen molar-refractivity contribution in [2.45, 2.75) is 9.79 Å². The van der Waals surface area contributed by atoms with Crippen LogP contribution < -0.4 is 15.6 Å². The summed E-state index contributed by atoms with van der Waals surface area (Å²) in [6.07, 6.45) is 0. The van der Waals surface area contributed by atoms with Gasteiger partial charge < -0.3 is 4.23 Å². The van der Waals surface area contributed by atoms with E-state index in [1.165, 1.54) is 47.2 Å². The molecule has 0 N–H and O–H groups in total. The zero-order chi connectivity index (χ0) is 21.8. The molecule has 0 saturated heterocycles. The van der Waals surface area contributed by atoms with Gasteiger partial charge in [0, 0.05) is 31.6 Å². The fraction of sp³-hybridized carbons (Fsp3) is 0. The molecule has 0 fully saturated rings. The van der Waals surface area contributed by atoms with Crippen LogP contribution in [0.25, 0.3) is 21.8 Å². The van der Waals surface area contributed by atoms with Crippen LogP contribution in [0, 0.1) is 0 Å². The van der Waals surface area contributed by atoms with Gasteiger partial charge in [0.2, 0.25) is 0 Å². The summed E-state index contributed by atoms with van der Waals surface area (Å²) in [5.74, 6) is 0. The van der Waals surface area contributed by atoms with E-state index in [9.17, 15) is 0 Å². The number of benzene rings is 5. The third kappa shape index (κ3) is 2.55. The van der Waals surface area contributed by atoms with E-state index in [1.807, 2.05) is 11.8 Å². The fourth-order valence-corrected chi connectivity index (χ4v) is 12.7. The van der Waals surface area contributed by atoms with Crippen LogP contribution in [0.5, 0.6) is 0 Å². The Balaban J connectivity index is 1.78. The Hall–Kier alpha value is -3.53. The molecule has 0 atom stereocenters. The normalized spacial score (nSPS) is 14.2. The first-order valence-corrected chi connectivity index (χ1v) is 14.1. The number of hydrogen-bond acceptors (Lipinski definition) is 1. The summed E-state index contributed by atoms with van der Waals surface area (Å²) in [4.78, 5) is 2.74. The van der Waals surface area contributed by atoms with Gasteiger partial charge in [0.1, 0.15) is 0 Å². The largest absolute Gasteiger partial charge is 0.355 e. The number of aromatic nitrogens is 1. The smallest absolute Gasteiger partial charge is 0.259 e. The molecule has 0 spiro atoms. The van der Waals surface area contributed by atoms with Gasteiger partial charge >= 0.3 is 0 Å². The van der Waals surface area contributed by atoms with Gasteiger partial charge in [-0.2, -0.15) is 0 Å². The summed E-state index contributed by atoms with van der Waals surface area (Å²) in [6.45, 7) is 0. The molecule has 1 aromatic heterocycles. The first-order valence-electron chi connectivity index (χ1n) is 11.3. The number of hydrogen-bond donors (Lipinski definition) is 0. The summed E-state index contributed by atoms with van der Waals surface area (Å²) in [5.41, 5.74) is 2.62. The topological polar surface area (TPSA) is 4.93 Å². The third-order valence-electron chi connectivity index (χ3n) is 6.88. The van der Waals surface area contributed by atoms with Crippen molar-refractivity contribution >= 4 is 57.4 Å². The molecule has 33 heavy (non-hydrogen) atoms. The lowest BCUT2D eigenvalue weighted by Crippen LogP contribution is -2.74. The van der Waals surface area contributed by atoms with Gasteiger partial charge in [0.05, 0.1) is 0 Å². The minimum Gasteiger partial charge on any atom is -0.355 e. The Morgan fingerprint density at radius 1 is 0.455 bits per heavy atom. The van der Waals surface area contributed by atoms with E-state index in [0.29, 0.717) is 0 Å². The molecular formula is C30H21NSSi. The standard InChI is InChI=1S/C30H21NSSi/c1-2-12-22(13-3-1)33(29-20-10-8-18-27(29)32-28-19-9-11-21-30(28)33)31-25-16-6-4-14-23(25)24-15-5-7-17-26(24)31/h1-21H. The molecule has 0 radical (unpaired) electrons. The summed E-state index contributed by atoms with van der Waals surface area (Å²) in [6, 6.07) is 47.2. The molecule has 1 aliphatic rings. The second-order valence-electron chi connectivity index (χ2n) is 8.54. The summed E-state index contributed by atoms with van der Waals surface area (Å²) < 4.78 is 2.73. The van der Waals surface area contributed by atoms with Crippen LogP contribution in [-0.4, -0.2) is 12.5 Å². The second-order valence-corrected chi connectivity index (χ2v) is 13.1. The quantitative estimate of drug-likeness (QED) is 0.299. The van der Waals surface area contributed by atoms with Crippen LogP contribution >= 0.6 is 11.8 Å². The summed E-state index contributed by atoms with van der Waals surface area (Å²) >= 11 is 1.91. The lowest BCUT2D eigenvalue weighted by molar-refractivity contribution is 1.27. The van der Waals surface area contributed by atoms with Gasteiger partial charge in [0.25, 0.3) is 8.24 Å². The Labute approximate surface area is 198 Å². The number of fused-ring (bicyclic) bond motifs is 5. The van der Waals surface area contributed by atoms with Crippen molar-refractivity contribution in [1.82, 2.24) is 4.23 Å². The van der Waals surface area contributed by atoms with Crippen LogP contribution in [0.1, 0.15) is 0 Å². The average Bonchev–Trinajstić information content (AvgIpc) is 3.23. The highest BCUT2D eigenvalue weighted by molar-refractivity contribution is 8.00. The van der Waals surface area contributed by atoms with E-state index in [2.05, 4.69) is 132 Å². The van der Waals surface area contributed by atoms with Crippen molar-refractivity contribution in [2.75, 3.05) is 0 Å². The number of rotatable bonds is 2. The van der Waals surface area contributed by atoms with Gasteiger partial charge in [0.15, 0.2) is 0 Å². The van der Waals surface area contributed by atoms with E-state index in [4.69, 9.17) is 0 Å². The molecule has 2 heterocycles. The fourth-order valence-electron chi connectivity index (χ4n) is 5.62. The second kappa shape index (κ2) is 7.24. The Morgan fingerprint density at radius 2 is 0.909 bits per heavy atom. The highest BCUT2D eigenvalue weighted by Crippen LogP contribution is 2.37. The molecule has 6 aromatic rings. The van der Waals surface area contributed by atoms with Crippen molar-refractivity contribution in [3.8, 4) is 0 Å². The maximum absolute atomic E-state index is 2.73. The Morgan fingerprint density at radius 3 is 1.48 bits per heavy atom. The van der Waals surface area contributed by atoms with Crippen LogP contribution in [0.3, 0.4) is 0 Å². The van der Waals surface area contributed by atoms with Crippen LogP contribution in [0.15, 0.2) is 137 Å². The lowest BCUT2D eigenvalue weighted by atomic mass is 10.2. The number of para-hydroxylation sites is 2. The zero-order valence-electron chi connectivity index (χ0n) is 18.0. The van der Waals surface area contributed by atoms with Crippen molar-refractivity contribution in [1.29, 1.82) is 0 Å². The lowest BCUT2D eigenvalue weighted by Gasteiger charge is -2.41. The predicted octanol–water partition coefficient (Wildman–Crippen LogP) is 5.77. The molecule has 156 valence electrons. The van der Waals surface area contributed by atoms with Crippen LogP contribution in [0.2, 0.25) is 0 Å². The highest BCUT2D eigenvalue weighted by atomic mass is 32.2. The molecule has 1 aliphatic heterocycles. The van der Waals surface area contributed by atoms with Crippen molar-refractivity contribution in [3.05, 3.63) is 127 Å². The molecule has 1 nitrogen and oxygen atoms in total. The third-order valence-corrected chi connectivity index (χ3v) is 13.1. The zero-order valence-corrected chi connectivity index (χ0v) is 19.8. The van der Waals surface area contributed by atoms with Gasteiger partial charge in [-0.25, -0.2) is 0 Å². The first-order chi connectivity index (χ1) is 16.4. The molecule has 0 unspecified atom stereocenters. The van der Waals surface area contributed by atoms with Crippen molar-refractivity contribution in [2.24, 2.45) is 0 Å². The predicted molar refractivity (Wildman–Crippen MR) is 143 cm³/mol. The molecule has 7 rings (SSSR count). The molecule has 0 saturated carbocycles. The van der Waals surface area contributed by atoms with Crippen molar-refractivity contribution in [3.63, 3.8) is 0 Å². The Bertz CT molecular complexity index is 1550. The van der Waals surface area contributed by atoms with E-state index in [0.717, 1.165) is 0 Å². The molecule has 0 amide bonds. The van der Waals surface area contributed by atoms with Gasteiger partial charge in [-0.15, -0.1) is 0 Å². The number of nitrogens with zero attached hydrogens (tertiary/aromatic N) is 1. The summed E-state index contributed by atoms with van der Waals surface area (Å²) in [5, 5.41) is 6.99. The van der Waals surface area contributed by atoms with E-state index >= 15 is 0 Å². The highest BCUT2D eigenvalue weighted by Gasteiger charge is 2.48. The van der Waals surface area contributed by atoms with E-state index in [1.54, 1.807) is 0 Å². The maximum Gasteiger partial charge on any atom is 0.259 e. The minimum absolute atomic E-state index is 1.31. The molecular weight excluding hydrogens is 434 g/mol. The minimum atomic E-state index is -2.66. The van der Waals surface area contributed by atoms with Crippen LogP contribution in [0.4, 0.5) is 0 Å². The first kappa shape index (κ1) is 19.0. The molecule has 5 aromatic carbocycles. The van der Waals surface area contributed by atoms with Gasteiger partial charge in [-0.05, 0) is 39.8 Å². The van der Waals surface area contributed by atoms with Gasteiger partial charge in [-0.3, -0.25) is 0 Å².